The SMILES string of the molecule is CCCCCCCCCCCC[C@H](CC[C@@H]1OC(C)(C)OCC1=O)NC(=O)OCc1ccccc1. The van der Waals surface area contributed by atoms with Gasteiger partial charge < -0.3 is 19.5 Å². The molecule has 1 amide bonds. The van der Waals surface area contributed by atoms with Crippen LogP contribution >= 0.6 is 0 Å². The molecule has 2 atom stereocenters. The van der Waals surface area contributed by atoms with Crippen LogP contribution in [-0.4, -0.2) is 36.4 Å². The van der Waals surface area contributed by atoms with Crippen molar-refractivity contribution >= 4 is 11.9 Å². The zero-order valence-corrected chi connectivity index (χ0v) is 22.2. The molecule has 0 aromatic heterocycles. The average molecular weight is 490 g/mol. The van der Waals surface area contributed by atoms with Crippen molar-refractivity contribution in [2.24, 2.45) is 0 Å². The minimum absolute atomic E-state index is 0.0336. The van der Waals surface area contributed by atoms with Crippen LogP contribution in [0.4, 0.5) is 4.79 Å². The number of carbonyl (C=O) groups excluding carboxylic acids is 2. The molecule has 6 heteroatoms. The Hall–Kier alpha value is -1.92. The van der Waals surface area contributed by atoms with Crippen molar-refractivity contribution in [3.05, 3.63) is 35.9 Å². The first-order valence-corrected chi connectivity index (χ1v) is 13.7. The van der Waals surface area contributed by atoms with Crippen LogP contribution in [0, 0.1) is 0 Å². The second-order valence-electron chi connectivity index (χ2n) is 10.2. The molecule has 0 radical (unpaired) electrons. The third-order valence-electron chi connectivity index (χ3n) is 6.57. The smallest absolute Gasteiger partial charge is 0.407 e. The number of hydrogen-bond donors (Lipinski definition) is 1. The summed E-state index contributed by atoms with van der Waals surface area (Å²) in [5.41, 5.74) is 0.956. The Morgan fingerprint density at radius 1 is 1.00 bits per heavy atom. The maximum absolute atomic E-state index is 12.5. The monoisotopic (exact) mass is 489 g/mol. The molecule has 1 N–H and O–H groups in total. The van der Waals surface area contributed by atoms with Crippen LogP contribution in [0.3, 0.4) is 0 Å². The highest BCUT2D eigenvalue weighted by Crippen LogP contribution is 2.24. The summed E-state index contributed by atoms with van der Waals surface area (Å²) in [7, 11) is 0. The van der Waals surface area contributed by atoms with Gasteiger partial charge in [0, 0.05) is 6.04 Å². The molecule has 0 aliphatic carbocycles. The summed E-state index contributed by atoms with van der Waals surface area (Å²) < 4.78 is 16.7. The highest BCUT2D eigenvalue weighted by molar-refractivity contribution is 5.84. The van der Waals surface area contributed by atoms with Gasteiger partial charge in [0.2, 0.25) is 0 Å². The number of amides is 1. The molecule has 1 saturated heterocycles. The molecule has 1 heterocycles. The van der Waals surface area contributed by atoms with E-state index in [1.54, 1.807) is 0 Å². The van der Waals surface area contributed by atoms with E-state index in [0.717, 1.165) is 24.8 Å². The molecule has 2 rings (SSSR count). The molecule has 0 saturated carbocycles. The van der Waals surface area contributed by atoms with E-state index in [1.807, 2.05) is 44.2 Å². The van der Waals surface area contributed by atoms with Crippen molar-refractivity contribution in [2.75, 3.05) is 6.61 Å². The lowest BCUT2D eigenvalue weighted by Gasteiger charge is -2.35. The number of benzene rings is 1. The van der Waals surface area contributed by atoms with Gasteiger partial charge in [-0.1, -0.05) is 101 Å². The van der Waals surface area contributed by atoms with Gasteiger partial charge in [0.25, 0.3) is 0 Å². The highest BCUT2D eigenvalue weighted by atomic mass is 16.7. The third kappa shape index (κ3) is 13.1. The van der Waals surface area contributed by atoms with Crippen LogP contribution in [0.1, 0.15) is 110 Å². The van der Waals surface area contributed by atoms with Gasteiger partial charge in [-0.25, -0.2) is 4.79 Å². The summed E-state index contributed by atoms with van der Waals surface area (Å²) in [5.74, 6) is -0.791. The number of rotatable bonds is 17. The van der Waals surface area contributed by atoms with Gasteiger partial charge in [-0.2, -0.15) is 0 Å². The fourth-order valence-corrected chi connectivity index (χ4v) is 4.45. The molecule has 6 nitrogen and oxygen atoms in total. The van der Waals surface area contributed by atoms with Crippen LogP contribution < -0.4 is 5.32 Å². The first kappa shape index (κ1) is 29.3. The predicted octanol–water partition coefficient (Wildman–Crippen LogP) is 7.09. The highest BCUT2D eigenvalue weighted by Gasteiger charge is 2.35. The molecule has 0 bridgehead atoms. The summed E-state index contributed by atoms with van der Waals surface area (Å²) in [6.07, 6.45) is 13.9. The Balaban J connectivity index is 1.74. The molecule has 1 fully saturated rings. The van der Waals surface area contributed by atoms with Crippen LogP contribution in [0.25, 0.3) is 0 Å². The van der Waals surface area contributed by atoms with E-state index in [1.165, 1.54) is 51.4 Å². The number of hydrogen-bond acceptors (Lipinski definition) is 5. The van der Waals surface area contributed by atoms with Crippen molar-refractivity contribution < 1.29 is 23.8 Å². The van der Waals surface area contributed by atoms with Gasteiger partial charge in [-0.05, 0) is 38.7 Å². The average Bonchev–Trinajstić information content (AvgIpc) is 2.84. The summed E-state index contributed by atoms with van der Waals surface area (Å²) in [6.45, 7) is 6.22. The fourth-order valence-electron chi connectivity index (χ4n) is 4.45. The van der Waals surface area contributed by atoms with Gasteiger partial charge in [0.15, 0.2) is 11.6 Å². The van der Waals surface area contributed by atoms with E-state index < -0.39 is 18.0 Å². The standard InChI is InChI=1S/C29H47NO5/c1-4-5-6-7-8-9-10-11-12-16-19-25(20-21-27-26(31)23-34-29(2,3)35-27)30-28(32)33-22-24-17-14-13-15-18-24/h13-15,17-18,25,27H,4-12,16,19-23H2,1-3H3,(H,30,32)/t25-,27+/m1/s1. The fraction of sp³-hybridized carbons (Fsp3) is 0.724. The van der Waals surface area contributed by atoms with Crippen molar-refractivity contribution in [2.45, 2.75) is 129 Å². The Bertz CT molecular complexity index is 721. The normalized spacial score (nSPS) is 18.3. The molecule has 0 spiro atoms. The third-order valence-corrected chi connectivity index (χ3v) is 6.57. The van der Waals surface area contributed by atoms with Crippen LogP contribution in [-0.2, 0) is 25.6 Å². The molecule has 1 aliphatic rings. The van der Waals surface area contributed by atoms with Gasteiger partial charge in [-0.15, -0.1) is 0 Å². The molecule has 35 heavy (non-hydrogen) atoms. The summed E-state index contributed by atoms with van der Waals surface area (Å²) in [5, 5.41) is 3.03. The summed E-state index contributed by atoms with van der Waals surface area (Å²) in [6, 6.07) is 9.62. The number of nitrogens with one attached hydrogen (secondary N) is 1. The predicted molar refractivity (Wildman–Crippen MR) is 139 cm³/mol. The van der Waals surface area contributed by atoms with Crippen LogP contribution in [0.5, 0.6) is 0 Å². The molecule has 1 aromatic carbocycles. The maximum Gasteiger partial charge on any atom is 0.407 e. The first-order valence-electron chi connectivity index (χ1n) is 13.7. The van der Waals surface area contributed by atoms with E-state index >= 15 is 0 Å². The number of unbranched alkanes of at least 4 members (excludes halogenated alkanes) is 9. The number of carbonyl (C=O) groups is 2. The Kier molecular flexibility index (Phi) is 14.0. The van der Waals surface area contributed by atoms with E-state index in [9.17, 15) is 9.59 Å². The zero-order valence-electron chi connectivity index (χ0n) is 22.2. The van der Waals surface area contributed by atoms with Crippen molar-refractivity contribution in [1.82, 2.24) is 5.32 Å². The number of alkyl carbamates (subject to hydrolysis) is 1. The van der Waals surface area contributed by atoms with Gasteiger partial charge in [0.1, 0.15) is 19.3 Å². The zero-order chi connectivity index (χ0) is 25.4. The lowest BCUT2D eigenvalue weighted by molar-refractivity contribution is -0.259. The van der Waals surface area contributed by atoms with E-state index in [0.29, 0.717) is 12.8 Å². The van der Waals surface area contributed by atoms with Gasteiger partial charge >= 0.3 is 6.09 Å². The topological polar surface area (TPSA) is 73.9 Å². The van der Waals surface area contributed by atoms with Crippen molar-refractivity contribution in [3.8, 4) is 0 Å². The van der Waals surface area contributed by atoms with E-state index in [2.05, 4.69) is 12.2 Å². The quantitative estimate of drug-likeness (QED) is 0.236. The van der Waals surface area contributed by atoms with Crippen molar-refractivity contribution in [1.29, 1.82) is 0 Å². The Labute approximate surface area is 212 Å². The largest absolute Gasteiger partial charge is 0.445 e. The summed E-state index contributed by atoms with van der Waals surface area (Å²) in [4.78, 5) is 24.7. The number of ether oxygens (including phenoxy) is 3. The lowest BCUT2D eigenvalue weighted by Crippen LogP contribution is -2.46. The Morgan fingerprint density at radius 2 is 1.63 bits per heavy atom. The summed E-state index contributed by atoms with van der Waals surface area (Å²) >= 11 is 0. The second-order valence-corrected chi connectivity index (χ2v) is 10.2. The van der Waals surface area contributed by atoms with E-state index in [4.69, 9.17) is 14.2 Å². The van der Waals surface area contributed by atoms with E-state index in [-0.39, 0.29) is 25.0 Å². The minimum atomic E-state index is -0.757. The molecule has 1 aliphatic heterocycles. The van der Waals surface area contributed by atoms with Gasteiger partial charge in [-0.3, -0.25) is 4.79 Å². The number of Topliss-reactive ketones (excluding diaryl/α,β-unsaturated/α-hetero) is 1. The van der Waals surface area contributed by atoms with Crippen LogP contribution in [0.15, 0.2) is 30.3 Å². The minimum Gasteiger partial charge on any atom is -0.445 e. The molecule has 198 valence electrons. The van der Waals surface area contributed by atoms with Gasteiger partial charge in [0.05, 0.1) is 0 Å². The van der Waals surface area contributed by atoms with Crippen LogP contribution in [0.2, 0.25) is 0 Å². The molecular formula is C29H47NO5. The molecular weight excluding hydrogens is 442 g/mol. The van der Waals surface area contributed by atoms with Crippen molar-refractivity contribution in [3.63, 3.8) is 0 Å². The second kappa shape index (κ2) is 16.7. The maximum atomic E-state index is 12.5. The first-order chi connectivity index (χ1) is 16.9. The lowest BCUT2D eigenvalue weighted by atomic mass is 9.98. The molecule has 0 unspecified atom stereocenters. The number of ketones is 1. The molecule has 1 aromatic rings. The Morgan fingerprint density at radius 3 is 2.29 bits per heavy atom.